The summed E-state index contributed by atoms with van der Waals surface area (Å²) in [5.41, 5.74) is 1.27. The van der Waals surface area contributed by atoms with Crippen LogP contribution in [0.25, 0.3) is 0 Å². The van der Waals surface area contributed by atoms with Crippen molar-refractivity contribution in [1.82, 2.24) is 4.90 Å². The molecule has 4 heteroatoms. The number of hydrogen-bond donors (Lipinski definition) is 0. The van der Waals surface area contributed by atoms with E-state index >= 15 is 0 Å². The summed E-state index contributed by atoms with van der Waals surface area (Å²) in [6.07, 6.45) is 6.00. The maximum Gasteiger partial charge on any atom is 0.417 e. The molecule has 0 radical (unpaired) electrons. The monoisotopic (exact) mass is 307 g/mol. The van der Waals surface area contributed by atoms with Crippen LogP contribution in [0, 0.1) is 5.92 Å². The first kappa shape index (κ1) is 12.9. The maximum atomic E-state index is 11.4. The summed E-state index contributed by atoms with van der Waals surface area (Å²) in [5.74, 6) is 0.258. The van der Waals surface area contributed by atoms with Crippen molar-refractivity contribution in [3.05, 3.63) is 58.9 Å². The summed E-state index contributed by atoms with van der Waals surface area (Å²) in [6.45, 7) is 0. The van der Waals surface area contributed by atoms with Gasteiger partial charge in [0.2, 0.25) is 0 Å². The zero-order chi connectivity index (χ0) is 13.0. The number of rotatable bonds is 2. The van der Waals surface area contributed by atoms with Crippen LogP contribution in [0.5, 0.6) is 0 Å². The quantitative estimate of drug-likeness (QED) is 0.834. The second kappa shape index (κ2) is 5.87. The van der Waals surface area contributed by atoms with E-state index < -0.39 is 0 Å². The minimum Gasteiger partial charge on any atom is -0.452 e. The Bertz CT molecular complexity index is 482. The summed E-state index contributed by atoms with van der Waals surface area (Å²) in [4.78, 5) is 12.8. The molecule has 0 bridgehead atoms. The maximum absolute atomic E-state index is 11.4. The van der Waals surface area contributed by atoms with Crippen LogP contribution in [-0.2, 0) is 11.2 Å². The fraction of sp³-hybridized carbons (Fsp3) is 0.214. The standard InChI is InChI=1S/C14H14BrNO2/c1-18-14(17)16-8-7-12(13(15)10-16)9-11-5-3-2-4-6-11/h2-8,10,12H,9H2,1H3. The van der Waals surface area contributed by atoms with Crippen molar-refractivity contribution in [2.75, 3.05) is 7.11 Å². The fourth-order valence-corrected chi connectivity index (χ4v) is 2.35. The molecular formula is C14H14BrNO2. The molecule has 1 aromatic carbocycles. The highest BCUT2D eigenvalue weighted by Crippen LogP contribution is 2.27. The predicted molar refractivity (Wildman–Crippen MR) is 74.0 cm³/mol. The highest BCUT2D eigenvalue weighted by atomic mass is 79.9. The van der Waals surface area contributed by atoms with Crippen LogP contribution in [0.4, 0.5) is 4.79 Å². The van der Waals surface area contributed by atoms with E-state index in [1.54, 1.807) is 12.4 Å². The molecule has 18 heavy (non-hydrogen) atoms. The van der Waals surface area contributed by atoms with Gasteiger partial charge in [-0.1, -0.05) is 52.3 Å². The smallest absolute Gasteiger partial charge is 0.417 e. The molecule has 1 unspecified atom stereocenters. The molecule has 0 fully saturated rings. The lowest BCUT2D eigenvalue weighted by atomic mass is 9.98. The van der Waals surface area contributed by atoms with E-state index in [1.807, 2.05) is 24.3 Å². The lowest BCUT2D eigenvalue weighted by Crippen LogP contribution is -2.23. The van der Waals surface area contributed by atoms with Crippen LogP contribution in [0.1, 0.15) is 5.56 Å². The molecule has 0 aliphatic carbocycles. The number of methoxy groups -OCH3 is 1. The van der Waals surface area contributed by atoms with E-state index in [1.165, 1.54) is 17.6 Å². The van der Waals surface area contributed by atoms with Gasteiger partial charge >= 0.3 is 6.09 Å². The average Bonchev–Trinajstić information content (AvgIpc) is 2.41. The van der Waals surface area contributed by atoms with Gasteiger partial charge in [-0.25, -0.2) is 4.79 Å². The number of ether oxygens (including phenoxy) is 1. The normalized spacial score (nSPS) is 18.4. The molecule has 3 nitrogen and oxygen atoms in total. The van der Waals surface area contributed by atoms with Gasteiger partial charge in [-0.3, -0.25) is 4.90 Å². The molecule has 1 amide bonds. The number of benzene rings is 1. The van der Waals surface area contributed by atoms with Crippen molar-refractivity contribution in [2.24, 2.45) is 5.92 Å². The molecule has 1 aromatic rings. The average molecular weight is 308 g/mol. The minimum atomic E-state index is -0.388. The third-order valence-corrected chi connectivity index (χ3v) is 3.57. The Morgan fingerprint density at radius 2 is 2.11 bits per heavy atom. The van der Waals surface area contributed by atoms with Gasteiger partial charge in [0.05, 0.1) is 7.11 Å². The molecule has 1 aliphatic rings. The van der Waals surface area contributed by atoms with E-state index in [-0.39, 0.29) is 12.0 Å². The van der Waals surface area contributed by atoms with Crippen molar-refractivity contribution < 1.29 is 9.53 Å². The van der Waals surface area contributed by atoms with Gasteiger partial charge in [-0.05, 0) is 12.0 Å². The molecule has 94 valence electrons. The number of halogens is 1. The SMILES string of the molecule is COC(=O)N1C=CC(Cc2ccccc2)C(Br)=C1. The predicted octanol–water partition coefficient (Wildman–Crippen LogP) is 3.68. The summed E-state index contributed by atoms with van der Waals surface area (Å²) in [6, 6.07) is 10.3. The van der Waals surface area contributed by atoms with Crippen LogP contribution in [-0.4, -0.2) is 18.1 Å². The Morgan fingerprint density at radius 3 is 2.72 bits per heavy atom. The van der Waals surface area contributed by atoms with E-state index in [0.717, 1.165) is 10.9 Å². The number of hydrogen-bond acceptors (Lipinski definition) is 2. The second-order valence-electron chi connectivity index (χ2n) is 4.03. The van der Waals surface area contributed by atoms with Gasteiger partial charge in [-0.2, -0.15) is 0 Å². The molecule has 1 aliphatic heterocycles. The molecule has 0 N–H and O–H groups in total. The summed E-state index contributed by atoms with van der Waals surface area (Å²) < 4.78 is 5.63. The minimum absolute atomic E-state index is 0.258. The van der Waals surface area contributed by atoms with Crippen LogP contribution >= 0.6 is 15.9 Å². The zero-order valence-electron chi connectivity index (χ0n) is 10.0. The van der Waals surface area contributed by atoms with Crippen LogP contribution in [0.2, 0.25) is 0 Å². The van der Waals surface area contributed by atoms with Crippen molar-refractivity contribution >= 4 is 22.0 Å². The van der Waals surface area contributed by atoms with Gasteiger partial charge in [0.1, 0.15) is 0 Å². The van der Waals surface area contributed by atoms with Crippen molar-refractivity contribution in [1.29, 1.82) is 0 Å². The van der Waals surface area contributed by atoms with Gasteiger partial charge in [0, 0.05) is 22.8 Å². The molecule has 2 rings (SSSR count). The number of carbonyl (C=O) groups is 1. The summed E-state index contributed by atoms with van der Waals surface area (Å²) in [7, 11) is 1.37. The molecule has 0 saturated carbocycles. The van der Waals surface area contributed by atoms with Crippen LogP contribution in [0.15, 0.2) is 53.3 Å². The van der Waals surface area contributed by atoms with E-state index in [0.29, 0.717) is 0 Å². The Hall–Kier alpha value is -1.55. The Morgan fingerprint density at radius 1 is 1.39 bits per heavy atom. The van der Waals surface area contributed by atoms with Crippen molar-refractivity contribution in [3.63, 3.8) is 0 Å². The molecular weight excluding hydrogens is 294 g/mol. The van der Waals surface area contributed by atoms with E-state index in [4.69, 9.17) is 0 Å². The largest absolute Gasteiger partial charge is 0.452 e. The first-order valence-electron chi connectivity index (χ1n) is 5.66. The summed E-state index contributed by atoms with van der Waals surface area (Å²) >= 11 is 3.51. The number of nitrogens with zero attached hydrogens (tertiary/aromatic N) is 1. The topological polar surface area (TPSA) is 29.5 Å². The fourth-order valence-electron chi connectivity index (χ4n) is 1.81. The number of allylic oxidation sites excluding steroid dienone is 2. The van der Waals surface area contributed by atoms with Crippen molar-refractivity contribution in [2.45, 2.75) is 6.42 Å². The van der Waals surface area contributed by atoms with Gasteiger partial charge < -0.3 is 4.74 Å². The number of carbonyl (C=O) groups excluding carboxylic acids is 1. The lowest BCUT2D eigenvalue weighted by molar-refractivity contribution is 0.151. The van der Waals surface area contributed by atoms with Crippen LogP contribution < -0.4 is 0 Å². The first-order valence-corrected chi connectivity index (χ1v) is 6.45. The van der Waals surface area contributed by atoms with Crippen molar-refractivity contribution in [3.8, 4) is 0 Å². The molecule has 1 heterocycles. The van der Waals surface area contributed by atoms with Crippen LogP contribution in [0.3, 0.4) is 0 Å². The molecule has 0 spiro atoms. The lowest BCUT2D eigenvalue weighted by Gasteiger charge is -2.22. The molecule has 0 saturated heterocycles. The third kappa shape index (κ3) is 3.01. The number of amides is 1. The second-order valence-corrected chi connectivity index (χ2v) is 4.94. The van der Waals surface area contributed by atoms with Gasteiger partial charge in [0.15, 0.2) is 0 Å². The zero-order valence-corrected chi connectivity index (χ0v) is 11.6. The highest BCUT2D eigenvalue weighted by molar-refractivity contribution is 9.11. The Kier molecular flexibility index (Phi) is 4.20. The van der Waals surface area contributed by atoms with Gasteiger partial charge in [-0.15, -0.1) is 0 Å². The Labute approximate surface area is 115 Å². The highest BCUT2D eigenvalue weighted by Gasteiger charge is 2.18. The van der Waals surface area contributed by atoms with E-state index in [9.17, 15) is 4.79 Å². The molecule has 0 aromatic heterocycles. The Balaban J connectivity index is 2.06. The van der Waals surface area contributed by atoms with E-state index in [2.05, 4.69) is 32.8 Å². The third-order valence-electron chi connectivity index (χ3n) is 2.78. The first-order chi connectivity index (χ1) is 8.70. The van der Waals surface area contributed by atoms with Gasteiger partial charge in [0.25, 0.3) is 0 Å². The molecule has 1 atom stereocenters. The summed E-state index contributed by atoms with van der Waals surface area (Å²) in [5, 5.41) is 0.